The number of hydrogen-bond donors (Lipinski definition) is 2. The van der Waals surface area contributed by atoms with Crippen LogP contribution in [0, 0.1) is 6.92 Å². The highest BCUT2D eigenvalue weighted by Crippen LogP contribution is 2.17. The summed E-state index contributed by atoms with van der Waals surface area (Å²) >= 11 is 0. The van der Waals surface area contributed by atoms with E-state index >= 15 is 0 Å². The van der Waals surface area contributed by atoms with Crippen molar-refractivity contribution in [1.29, 1.82) is 0 Å². The molecule has 1 aromatic carbocycles. The normalized spacial score (nSPS) is 10.2. The van der Waals surface area contributed by atoms with E-state index in [-0.39, 0.29) is 5.91 Å². The smallest absolute Gasteiger partial charge is 0.258 e. The first-order chi connectivity index (χ1) is 8.06. The predicted octanol–water partition coefficient (Wildman–Crippen LogP) is 1.56. The molecule has 0 spiro atoms. The maximum Gasteiger partial charge on any atom is 0.258 e. The van der Waals surface area contributed by atoms with Crippen molar-refractivity contribution in [3.05, 3.63) is 41.7 Å². The summed E-state index contributed by atoms with van der Waals surface area (Å²) in [5, 5.41) is 6.74. The molecule has 1 heterocycles. The summed E-state index contributed by atoms with van der Waals surface area (Å²) in [5.41, 5.74) is 8.62. The molecule has 0 fully saturated rings. The molecule has 2 rings (SSSR count). The molecule has 0 bridgehead atoms. The van der Waals surface area contributed by atoms with Crippen LogP contribution in [-0.2, 0) is 7.05 Å². The van der Waals surface area contributed by atoms with E-state index in [0.29, 0.717) is 11.3 Å². The van der Waals surface area contributed by atoms with Gasteiger partial charge in [0, 0.05) is 24.6 Å². The second kappa shape index (κ2) is 4.29. The minimum atomic E-state index is -0.178. The number of nitrogen functional groups attached to an aromatic ring is 1. The fraction of sp³-hybridized carbons (Fsp3) is 0.167. The number of hydrogen-bond acceptors (Lipinski definition) is 3. The average Bonchev–Trinajstić information content (AvgIpc) is 2.70. The number of anilines is 2. The van der Waals surface area contributed by atoms with Gasteiger partial charge in [0.05, 0.1) is 11.8 Å². The Labute approximate surface area is 99.2 Å². The number of benzene rings is 1. The Morgan fingerprint density at radius 3 is 2.82 bits per heavy atom. The number of aryl methyl sites for hydroxylation is 2. The Morgan fingerprint density at radius 2 is 2.24 bits per heavy atom. The van der Waals surface area contributed by atoms with E-state index in [1.165, 1.54) is 6.20 Å². The molecule has 1 amide bonds. The highest BCUT2D eigenvalue weighted by Gasteiger charge is 2.08. The van der Waals surface area contributed by atoms with Gasteiger partial charge < -0.3 is 11.1 Å². The van der Waals surface area contributed by atoms with Gasteiger partial charge in [-0.3, -0.25) is 9.48 Å². The van der Waals surface area contributed by atoms with Crippen molar-refractivity contribution < 1.29 is 4.79 Å². The number of carbonyl (C=O) groups is 1. The Kier molecular flexibility index (Phi) is 2.82. The minimum Gasteiger partial charge on any atom is -0.399 e. The van der Waals surface area contributed by atoms with Crippen LogP contribution in [0.25, 0.3) is 0 Å². The molecular formula is C12H14N4O. The first-order valence-electron chi connectivity index (χ1n) is 5.22. The first-order valence-corrected chi connectivity index (χ1v) is 5.22. The third kappa shape index (κ3) is 2.44. The first kappa shape index (κ1) is 11.2. The van der Waals surface area contributed by atoms with Crippen LogP contribution >= 0.6 is 0 Å². The lowest BCUT2D eigenvalue weighted by Crippen LogP contribution is -2.11. The van der Waals surface area contributed by atoms with Crippen molar-refractivity contribution in [3.8, 4) is 0 Å². The van der Waals surface area contributed by atoms with Gasteiger partial charge in [0.2, 0.25) is 0 Å². The van der Waals surface area contributed by atoms with E-state index in [1.807, 2.05) is 13.0 Å². The Morgan fingerprint density at radius 1 is 1.47 bits per heavy atom. The maximum absolute atomic E-state index is 11.8. The SMILES string of the molecule is Cc1cc(NC(=O)c2cnn(C)c2)ccc1N. The minimum absolute atomic E-state index is 0.178. The highest BCUT2D eigenvalue weighted by molar-refractivity contribution is 6.04. The fourth-order valence-electron chi connectivity index (χ4n) is 1.50. The molecule has 0 aliphatic carbocycles. The van der Waals surface area contributed by atoms with E-state index in [2.05, 4.69) is 10.4 Å². The molecule has 88 valence electrons. The monoisotopic (exact) mass is 230 g/mol. The molecule has 5 nitrogen and oxygen atoms in total. The molecule has 0 aliphatic heterocycles. The summed E-state index contributed by atoms with van der Waals surface area (Å²) in [4.78, 5) is 11.8. The average molecular weight is 230 g/mol. The van der Waals surface area contributed by atoms with Gasteiger partial charge in [-0.15, -0.1) is 0 Å². The summed E-state index contributed by atoms with van der Waals surface area (Å²) in [6.07, 6.45) is 3.19. The van der Waals surface area contributed by atoms with Crippen molar-refractivity contribution in [2.24, 2.45) is 7.05 Å². The lowest BCUT2D eigenvalue weighted by atomic mass is 10.2. The molecule has 17 heavy (non-hydrogen) atoms. The zero-order chi connectivity index (χ0) is 12.4. The largest absolute Gasteiger partial charge is 0.399 e. The van der Waals surface area contributed by atoms with Gasteiger partial charge >= 0.3 is 0 Å². The van der Waals surface area contributed by atoms with Gasteiger partial charge in [0.15, 0.2) is 0 Å². The van der Waals surface area contributed by atoms with Crippen LogP contribution in [0.4, 0.5) is 11.4 Å². The summed E-state index contributed by atoms with van der Waals surface area (Å²) in [7, 11) is 1.77. The van der Waals surface area contributed by atoms with Gasteiger partial charge in [-0.1, -0.05) is 0 Å². The van der Waals surface area contributed by atoms with Crippen LogP contribution in [0.2, 0.25) is 0 Å². The third-order valence-corrected chi connectivity index (χ3v) is 2.49. The molecule has 5 heteroatoms. The standard InChI is InChI=1S/C12H14N4O/c1-8-5-10(3-4-11(8)13)15-12(17)9-6-14-16(2)7-9/h3-7H,13H2,1-2H3,(H,15,17). The second-order valence-electron chi connectivity index (χ2n) is 3.93. The van der Waals surface area contributed by atoms with Crippen LogP contribution in [0.1, 0.15) is 15.9 Å². The third-order valence-electron chi connectivity index (χ3n) is 2.49. The summed E-state index contributed by atoms with van der Waals surface area (Å²) in [5.74, 6) is -0.178. The highest BCUT2D eigenvalue weighted by atomic mass is 16.1. The molecule has 0 aliphatic rings. The number of carbonyl (C=O) groups excluding carboxylic acids is 1. The van der Waals surface area contributed by atoms with Crippen LogP contribution in [0.15, 0.2) is 30.6 Å². The van der Waals surface area contributed by atoms with Gasteiger partial charge in [0.1, 0.15) is 0 Å². The number of rotatable bonds is 2. The van der Waals surface area contributed by atoms with Gasteiger partial charge in [-0.25, -0.2) is 0 Å². The summed E-state index contributed by atoms with van der Waals surface area (Å²) in [6.45, 7) is 1.90. The molecule has 0 radical (unpaired) electrons. The number of nitrogens with one attached hydrogen (secondary N) is 1. The Bertz CT molecular complexity index is 559. The van der Waals surface area contributed by atoms with Gasteiger partial charge in [-0.05, 0) is 30.7 Å². The Balaban J connectivity index is 2.15. The molecule has 0 unspecified atom stereocenters. The van der Waals surface area contributed by atoms with E-state index in [9.17, 15) is 4.79 Å². The fourth-order valence-corrected chi connectivity index (χ4v) is 1.50. The van der Waals surface area contributed by atoms with Crippen LogP contribution in [0.5, 0.6) is 0 Å². The van der Waals surface area contributed by atoms with Crippen molar-refractivity contribution in [1.82, 2.24) is 9.78 Å². The molecule has 0 saturated carbocycles. The van der Waals surface area contributed by atoms with Crippen molar-refractivity contribution in [2.45, 2.75) is 6.92 Å². The molecule has 3 N–H and O–H groups in total. The molecule has 0 saturated heterocycles. The van der Waals surface area contributed by atoms with Crippen molar-refractivity contribution in [2.75, 3.05) is 11.1 Å². The van der Waals surface area contributed by atoms with E-state index in [0.717, 1.165) is 11.3 Å². The molecule has 0 atom stereocenters. The van der Waals surface area contributed by atoms with E-state index in [4.69, 9.17) is 5.73 Å². The lowest BCUT2D eigenvalue weighted by Gasteiger charge is -2.06. The topological polar surface area (TPSA) is 72.9 Å². The quantitative estimate of drug-likeness (QED) is 0.769. The molecular weight excluding hydrogens is 216 g/mol. The number of aromatic nitrogens is 2. The number of amides is 1. The van der Waals surface area contributed by atoms with Crippen molar-refractivity contribution in [3.63, 3.8) is 0 Å². The molecule has 1 aromatic heterocycles. The van der Waals surface area contributed by atoms with Crippen LogP contribution in [0.3, 0.4) is 0 Å². The molecule has 2 aromatic rings. The second-order valence-corrected chi connectivity index (χ2v) is 3.93. The zero-order valence-electron chi connectivity index (χ0n) is 9.77. The summed E-state index contributed by atoms with van der Waals surface area (Å²) in [6, 6.07) is 5.38. The van der Waals surface area contributed by atoms with Crippen molar-refractivity contribution >= 4 is 17.3 Å². The maximum atomic E-state index is 11.8. The summed E-state index contributed by atoms with van der Waals surface area (Å²) < 4.78 is 1.59. The van der Waals surface area contributed by atoms with Crippen LogP contribution < -0.4 is 11.1 Å². The van der Waals surface area contributed by atoms with E-state index in [1.54, 1.807) is 30.1 Å². The lowest BCUT2D eigenvalue weighted by molar-refractivity contribution is 0.102. The van der Waals surface area contributed by atoms with Crippen LogP contribution in [-0.4, -0.2) is 15.7 Å². The number of nitrogens with two attached hydrogens (primary N) is 1. The Hall–Kier alpha value is -2.30. The van der Waals surface area contributed by atoms with E-state index < -0.39 is 0 Å². The van der Waals surface area contributed by atoms with Gasteiger partial charge in [0.25, 0.3) is 5.91 Å². The zero-order valence-corrected chi connectivity index (χ0v) is 9.77. The predicted molar refractivity (Wildman–Crippen MR) is 66.8 cm³/mol. The number of nitrogens with zero attached hydrogens (tertiary/aromatic N) is 2. The van der Waals surface area contributed by atoms with Gasteiger partial charge in [-0.2, -0.15) is 5.10 Å².